The molecule has 2 aromatic carbocycles. The summed E-state index contributed by atoms with van der Waals surface area (Å²) in [6.07, 6.45) is -4.32. The van der Waals surface area contributed by atoms with Crippen LogP contribution in [0.4, 0.5) is 18.0 Å². The molecular weight excluding hydrogens is 449 g/mol. The van der Waals surface area contributed by atoms with Gasteiger partial charge in [-0.1, -0.05) is 30.3 Å². The smallest absolute Gasteiger partial charge is 0.339 e. The van der Waals surface area contributed by atoms with Crippen LogP contribution in [0.25, 0.3) is 0 Å². The summed E-state index contributed by atoms with van der Waals surface area (Å²) in [5.41, 5.74) is 0.368. The van der Waals surface area contributed by atoms with Gasteiger partial charge < -0.3 is 20.0 Å². The van der Waals surface area contributed by atoms with Crippen molar-refractivity contribution >= 4 is 17.8 Å². The molecule has 182 valence electrons. The Hall–Kier alpha value is -3.56. The van der Waals surface area contributed by atoms with Gasteiger partial charge in [0.2, 0.25) is 5.91 Å². The molecule has 1 aliphatic rings. The molecule has 0 radical (unpaired) electrons. The zero-order valence-electron chi connectivity index (χ0n) is 18.8. The topological polar surface area (TPSA) is 73.0 Å². The molecule has 0 aliphatic carbocycles. The van der Waals surface area contributed by atoms with Crippen LogP contribution in [-0.4, -0.2) is 72.3 Å². The molecule has 7 nitrogen and oxygen atoms in total. The molecule has 0 aromatic heterocycles. The number of hydrogen-bond acceptors (Lipinski definition) is 3. The molecule has 1 heterocycles. The Kier molecular flexibility index (Phi) is 8.14. The molecule has 0 bridgehead atoms. The fourth-order valence-electron chi connectivity index (χ4n) is 3.64. The lowest BCUT2D eigenvalue weighted by atomic mass is 10.1. The normalized spacial score (nSPS) is 14.0. The number of benzene rings is 2. The van der Waals surface area contributed by atoms with Crippen molar-refractivity contribution in [2.24, 2.45) is 0 Å². The third kappa shape index (κ3) is 6.72. The largest absolute Gasteiger partial charge is 0.416 e. The van der Waals surface area contributed by atoms with Crippen molar-refractivity contribution < 1.29 is 27.6 Å². The molecule has 0 spiro atoms. The minimum Gasteiger partial charge on any atom is -0.339 e. The molecule has 1 saturated heterocycles. The van der Waals surface area contributed by atoms with Crippen molar-refractivity contribution in [3.05, 3.63) is 71.3 Å². The van der Waals surface area contributed by atoms with Crippen LogP contribution in [0.1, 0.15) is 27.9 Å². The Morgan fingerprint density at radius 3 is 2.09 bits per heavy atom. The van der Waals surface area contributed by atoms with Crippen LogP contribution < -0.4 is 5.32 Å². The van der Waals surface area contributed by atoms with E-state index in [-0.39, 0.29) is 49.5 Å². The maximum atomic E-state index is 12.7. The van der Waals surface area contributed by atoms with E-state index in [0.29, 0.717) is 19.6 Å². The zero-order valence-corrected chi connectivity index (χ0v) is 18.8. The molecule has 10 heteroatoms. The van der Waals surface area contributed by atoms with Crippen molar-refractivity contribution in [1.29, 1.82) is 0 Å². The number of carbonyl (C=O) groups excluding carboxylic acids is 3. The van der Waals surface area contributed by atoms with Gasteiger partial charge in [0, 0.05) is 58.3 Å². The lowest BCUT2D eigenvalue weighted by molar-refractivity contribution is -0.137. The van der Waals surface area contributed by atoms with Crippen LogP contribution in [0.2, 0.25) is 0 Å². The number of carbonyl (C=O) groups is 3. The summed E-state index contributed by atoms with van der Waals surface area (Å²) in [6.45, 7) is 1.88. The van der Waals surface area contributed by atoms with E-state index in [1.54, 1.807) is 11.9 Å². The van der Waals surface area contributed by atoms with Crippen LogP contribution in [0.5, 0.6) is 0 Å². The first-order valence-electron chi connectivity index (χ1n) is 10.9. The van der Waals surface area contributed by atoms with E-state index in [9.17, 15) is 27.6 Å². The molecule has 3 rings (SSSR count). The summed E-state index contributed by atoms with van der Waals surface area (Å²) in [7, 11) is 1.68. The van der Waals surface area contributed by atoms with Crippen LogP contribution in [0.3, 0.4) is 0 Å². The molecule has 4 amide bonds. The lowest BCUT2D eigenvalue weighted by Gasteiger charge is -2.35. The number of halogens is 3. The number of urea groups is 1. The Morgan fingerprint density at radius 2 is 1.50 bits per heavy atom. The third-order valence-electron chi connectivity index (χ3n) is 5.60. The first-order valence-corrected chi connectivity index (χ1v) is 10.9. The van der Waals surface area contributed by atoms with Crippen LogP contribution >= 0.6 is 0 Å². The van der Waals surface area contributed by atoms with E-state index in [1.807, 2.05) is 30.3 Å². The van der Waals surface area contributed by atoms with Gasteiger partial charge in [-0.25, -0.2) is 4.79 Å². The van der Waals surface area contributed by atoms with Gasteiger partial charge in [0.25, 0.3) is 5.91 Å². The van der Waals surface area contributed by atoms with Crippen LogP contribution in [-0.2, 0) is 17.5 Å². The highest BCUT2D eigenvalue weighted by Gasteiger charge is 2.31. The quantitative estimate of drug-likeness (QED) is 0.696. The molecule has 1 fully saturated rings. The van der Waals surface area contributed by atoms with E-state index >= 15 is 0 Å². The van der Waals surface area contributed by atoms with Gasteiger partial charge in [0.05, 0.1) is 5.56 Å². The first-order chi connectivity index (χ1) is 16.1. The number of amides is 4. The Morgan fingerprint density at radius 1 is 0.912 bits per heavy atom. The highest BCUT2D eigenvalue weighted by molar-refractivity contribution is 5.94. The summed E-state index contributed by atoms with van der Waals surface area (Å²) in [5, 5.41) is 2.73. The van der Waals surface area contributed by atoms with Crippen LogP contribution in [0, 0.1) is 0 Å². The van der Waals surface area contributed by atoms with Crippen molar-refractivity contribution in [3.8, 4) is 0 Å². The van der Waals surface area contributed by atoms with E-state index in [2.05, 4.69) is 5.32 Å². The van der Waals surface area contributed by atoms with Gasteiger partial charge in [-0.3, -0.25) is 9.59 Å². The van der Waals surface area contributed by atoms with Gasteiger partial charge in [-0.2, -0.15) is 13.2 Å². The van der Waals surface area contributed by atoms with Gasteiger partial charge in [-0.05, 0) is 29.8 Å². The maximum Gasteiger partial charge on any atom is 0.416 e. The summed E-state index contributed by atoms with van der Waals surface area (Å²) in [5.74, 6) is -0.498. The SMILES string of the molecule is CN(Cc1ccccc1)C(=O)NCCC(=O)N1CCN(C(=O)c2ccc(C(F)(F)F)cc2)CC1. The zero-order chi connectivity index (χ0) is 24.7. The Balaban J connectivity index is 1.39. The van der Waals surface area contributed by atoms with Gasteiger partial charge >= 0.3 is 12.2 Å². The Bertz CT molecular complexity index is 989. The number of nitrogens with zero attached hydrogens (tertiary/aromatic N) is 3. The number of hydrogen-bond donors (Lipinski definition) is 1. The predicted octanol–water partition coefficient (Wildman–Crippen LogP) is 3.22. The minimum absolute atomic E-state index is 0.132. The van der Waals surface area contributed by atoms with Gasteiger partial charge in [0.15, 0.2) is 0 Å². The van der Waals surface area contributed by atoms with Crippen molar-refractivity contribution in [1.82, 2.24) is 20.0 Å². The van der Waals surface area contributed by atoms with E-state index < -0.39 is 11.7 Å². The number of alkyl halides is 3. The number of rotatable bonds is 6. The average Bonchev–Trinajstić information content (AvgIpc) is 2.83. The van der Waals surface area contributed by atoms with Crippen LogP contribution in [0.15, 0.2) is 54.6 Å². The minimum atomic E-state index is -4.45. The van der Waals surface area contributed by atoms with Crippen molar-refractivity contribution in [2.45, 2.75) is 19.1 Å². The Labute approximate surface area is 196 Å². The maximum absolute atomic E-state index is 12.7. The highest BCUT2D eigenvalue weighted by Crippen LogP contribution is 2.29. The average molecular weight is 476 g/mol. The van der Waals surface area contributed by atoms with Gasteiger partial charge in [0.1, 0.15) is 0 Å². The molecule has 1 aliphatic heterocycles. The molecule has 0 saturated carbocycles. The monoisotopic (exact) mass is 476 g/mol. The second kappa shape index (κ2) is 11.0. The molecule has 34 heavy (non-hydrogen) atoms. The van der Waals surface area contributed by atoms with Crippen molar-refractivity contribution in [3.63, 3.8) is 0 Å². The second-order valence-corrected chi connectivity index (χ2v) is 8.07. The van der Waals surface area contributed by atoms with E-state index in [4.69, 9.17) is 0 Å². The fourth-order valence-corrected chi connectivity index (χ4v) is 3.64. The lowest BCUT2D eigenvalue weighted by Crippen LogP contribution is -2.51. The third-order valence-corrected chi connectivity index (χ3v) is 5.60. The highest BCUT2D eigenvalue weighted by atomic mass is 19.4. The fraction of sp³-hybridized carbons (Fsp3) is 0.375. The molecule has 0 unspecified atom stereocenters. The summed E-state index contributed by atoms with van der Waals surface area (Å²) in [6, 6.07) is 13.4. The van der Waals surface area contributed by atoms with Gasteiger partial charge in [-0.15, -0.1) is 0 Å². The molecule has 0 atom stereocenters. The molecular formula is C24H27F3N4O3. The summed E-state index contributed by atoms with van der Waals surface area (Å²) >= 11 is 0. The van der Waals surface area contributed by atoms with Crippen molar-refractivity contribution in [2.75, 3.05) is 39.8 Å². The predicted molar refractivity (Wildman–Crippen MR) is 120 cm³/mol. The molecule has 1 N–H and O–H groups in total. The standard InChI is InChI=1S/C24H27F3N4O3/c1-29(17-18-5-3-2-4-6-18)23(34)28-12-11-21(32)30-13-15-31(16-14-30)22(33)19-7-9-20(10-8-19)24(25,26)27/h2-10H,11-17H2,1H3,(H,28,34). The summed E-state index contributed by atoms with van der Waals surface area (Å²) < 4.78 is 38.1. The van der Waals surface area contributed by atoms with E-state index in [0.717, 1.165) is 17.7 Å². The summed E-state index contributed by atoms with van der Waals surface area (Å²) in [4.78, 5) is 41.9. The number of piperazine rings is 1. The second-order valence-electron chi connectivity index (χ2n) is 8.07. The van der Waals surface area contributed by atoms with E-state index in [1.165, 1.54) is 21.9 Å². The molecule has 2 aromatic rings. The first kappa shape index (κ1) is 25.1. The number of nitrogens with one attached hydrogen (secondary N) is 1.